The molecule has 1 aliphatic carbocycles. The fraction of sp³-hybridized carbons (Fsp3) is 0.471. The SMILES string of the molecule is COC(=O)C1=C(O[Si](C)(C)C(C)(C)C)C1c1ccccc1. The smallest absolute Gasteiger partial charge is 0.338 e. The van der Waals surface area contributed by atoms with E-state index in [1.54, 1.807) is 0 Å². The van der Waals surface area contributed by atoms with Crippen molar-refractivity contribution in [1.82, 2.24) is 0 Å². The van der Waals surface area contributed by atoms with Crippen LogP contribution in [0.5, 0.6) is 0 Å². The summed E-state index contributed by atoms with van der Waals surface area (Å²) in [6, 6.07) is 9.97. The van der Waals surface area contributed by atoms with E-state index in [1.165, 1.54) is 7.11 Å². The van der Waals surface area contributed by atoms with Crippen molar-refractivity contribution in [3.63, 3.8) is 0 Å². The van der Waals surface area contributed by atoms with Gasteiger partial charge in [-0.15, -0.1) is 0 Å². The zero-order valence-electron chi connectivity index (χ0n) is 13.7. The minimum absolute atomic E-state index is 0.0345. The van der Waals surface area contributed by atoms with E-state index in [1.807, 2.05) is 30.3 Å². The van der Waals surface area contributed by atoms with Gasteiger partial charge in [0, 0.05) is 0 Å². The Hall–Kier alpha value is -1.55. The van der Waals surface area contributed by atoms with E-state index >= 15 is 0 Å². The van der Waals surface area contributed by atoms with Gasteiger partial charge in [-0.05, 0) is 23.7 Å². The van der Waals surface area contributed by atoms with Crippen molar-refractivity contribution in [3.8, 4) is 0 Å². The molecule has 1 atom stereocenters. The van der Waals surface area contributed by atoms with Crippen LogP contribution in [0.25, 0.3) is 0 Å². The second-order valence-corrected chi connectivity index (χ2v) is 11.7. The summed E-state index contributed by atoms with van der Waals surface area (Å²) in [7, 11) is -0.530. The molecule has 2 rings (SSSR count). The highest BCUT2D eigenvalue weighted by atomic mass is 28.4. The largest absolute Gasteiger partial charge is 0.545 e. The van der Waals surface area contributed by atoms with Crippen molar-refractivity contribution >= 4 is 14.3 Å². The van der Waals surface area contributed by atoms with Crippen molar-refractivity contribution in [2.45, 2.75) is 44.8 Å². The van der Waals surface area contributed by atoms with Gasteiger partial charge >= 0.3 is 5.97 Å². The summed E-state index contributed by atoms with van der Waals surface area (Å²) in [6.07, 6.45) is 0. The van der Waals surface area contributed by atoms with Crippen molar-refractivity contribution in [3.05, 3.63) is 47.2 Å². The highest BCUT2D eigenvalue weighted by Crippen LogP contribution is 2.52. The molecule has 0 N–H and O–H groups in total. The number of ether oxygens (including phenoxy) is 1. The molecule has 0 saturated carbocycles. The van der Waals surface area contributed by atoms with E-state index in [-0.39, 0.29) is 16.9 Å². The van der Waals surface area contributed by atoms with Gasteiger partial charge in [0.1, 0.15) is 5.76 Å². The molecular formula is C17H24O3Si. The van der Waals surface area contributed by atoms with Crippen LogP contribution in [0, 0.1) is 0 Å². The van der Waals surface area contributed by atoms with E-state index < -0.39 is 8.32 Å². The number of benzene rings is 1. The molecule has 21 heavy (non-hydrogen) atoms. The van der Waals surface area contributed by atoms with Gasteiger partial charge in [-0.3, -0.25) is 0 Å². The lowest BCUT2D eigenvalue weighted by Gasteiger charge is -2.35. The molecule has 0 fully saturated rings. The Kier molecular flexibility index (Phi) is 4.02. The van der Waals surface area contributed by atoms with Crippen LogP contribution in [-0.2, 0) is 14.0 Å². The Morgan fingerprint density at radius 1 is 1.14 bits per heavy atom. The predicted octanol–water partition coefficient (Wildman–Crippen LogP) is 4.23. The monoisotopic (exact) mass is 304 g/mol. The zero-order valence-corrected chi connectivity index (χ0v) is 14.7. The topological polar surface area (TPSA) is 35.5 Å². The number of carbonyl (C=O) groups is 1. The van der Waals surface area contributed by atoms with Gasteiger partial charge in [0.25, 0.3) is 0 Å². The first-order valence-electron chi connectivity index (χ1n) is 7.25. The van der Waals surface area contributed by atoms with Crippen molar-refractivity contribution in [1.29, 1.82) is 0 Å². The van der Waals surface area contributed by atoms with E-state index in [0.29, 0.717) is 5.57 Å². The van der Waals surface area contributed by atoms with E-state index in [4.69, 9.17) is 9.16 Å². The molecule has 1 aliphatic rings. The number of esters is 1. The second-order valence-electron chi connectivity index (χ2n) is 6.98. The van der Waals surface area contributed by atoms with Crippen LogP contribution in [0.2, 0.25) is 18.1 Å². The number of hydrogen-bond acceptors (Lipinski definition) is 3. The Morgan fingerprint density at radius 3 is 2.19 bits per heavy atom. The molecule has 0 saturated heterocycles. The molecule has 0 aromatic heterocycles. The van der Waals surface area contributed by atoms with E-state index in [9.17, 15) is 4.79 Å². The molecule has 0 heterocycles. The van der Waals surface area contributed by atoms with Crippen LogP contribution in [0.3, 0.4) is 0 Å². The standard InChI is InChI=1S/C17H24O3Si/c1-17(2,3)21(5,6)20-15-13(14(15)16(18)19-4)12-10-8-7-9-11-12/h7-11,13H,1-6H3. The molecule has 1 aromatic rings. The van der Waals surface area contributed by atoms with Gasteiger partial charge in [0.05, 0.1) is 18.6 Å². The molecule has 1 aromatic carbocycles. The fourth-order valence-electron chi connectivity index (χ4n) is 2.04. The maximum atomic E-state index is 12.0. The average molecular weight is 304 g/mol. The van der Waals surface area contributed by atoms with Gasteiger partial charge < -0.3 is 9.16 Å². The molecule has 4 heteroatoms. The van der Waals surface area contributed by atoms with Crippen LogP contribution in [0.4, 0.5) is 0 Å². The molecule has 0 radical (unpaired) electrons. The van der Waals surface area contributed by atoms with Gasteiger partial charge in [-0.25, -0.2) is 4.79 Å². The lowest BCUT2D eigenvalue weighted by Crippen LogP contribution is -2.39. The summed E-state index contributed by atoms with van der Waals surface area (Å²) in [4.78, 5) is 12.0. The van der Waals surface area contributed by atoms with Gasteiger partial charge in [-0.1, -0.05) is 51.1 Å². The summed E-state index contributed by atoms with van der Waals surface area (Å²) in [6.45, 7) is 11.0. The molecule has 3 nitrogen and oxygen atoms in total. The highest BCUT2D eigenvalue weighted by Gasteiger charge is 2.50. The maximum absolute atomic E-state index is 12.0. The third-order valence-corrected chi connectivity index (χ3v) is 8.79. The predicted molar refractivity (Wildman–Crippen MR) is 86.5 cm³/mol. The summed E-state index contributed by atoms with van der Waals surface area (Å²) in [5, 5.41) is 0.102. The van der Waals surface area contributed by atoms with Gasteiger partial charge in [0.15, 0.2) is 0 Å². The number of hydrogen-bond donors (Lipinski definition) is 0. The van der Waals surface area contributed by atoms with Crippen molar-refractivity contribution in [2.24, 2.45) is 0 Å². The van der Waals surface area contributed by atoms with E-state index in [2.05, 4.69) is 33.9 Å². The Bertz CT molecular complexity index is 567. The molecular weight excluding hydrogens is 280 g/mol. The molecule has 1 unspecified atom stereocenters. The Labute approximate surface area is 128 Å². The van der Waals surface area contributed by atoms with Crippen LogP contribution in [0.1, 0.15) is 32.3 Å². The number of methoxy groups -OCH3 is 1. The summed E-state index contributed by atoms with van der Waals surface area (Å²) in [5.41, 5.74) is 1.76. The lowest BCUT2D eigenvalue weighted by atomic mass is 10.1. The number of rotatable bonds is 4. The lowest BCUT2D eigenvalue weighted by molar-refractivity contribution is -0.135. The fourth-order valence-corrected chi connectivity index (χ4v) is 3.12. The molecule has 0 amide bonds. The first-order valence-corrected chi connectivity index (χ1v) is 10.2. The first kappa shape index (κ1) is 15.8. The summed E-state index contributed by atoms with van der Waals surface area (Å²) >= 11 is 0. The second kappa shape index (κ2) is 5.33. The quantitative estimate of drug-likeness (QED) is 0.617. The maximum Gasteiger partial charge on any atom is 0.338 e. The summed E-state index contributed by atoms with van der Waals surface area (Å²) in [5.74, 6) is 0.491. The minimum Gasteiger partial charge on any atom is -0.545 e. The first-order chi connectivity index (χ1) is 9.69. The van der Waals surface area contributed by atoms with Crippen molar-refractivity contribution in [2.75, 3.05) is 7.11 Å². The Balaban J connectivity index is 2.27. The highest BCUT2D eigenvalue weighted by molar-refractivity contribution is 6.74. The third-order valence-electron chi connectivity index (χ3n) is 4.44. The molecule has 114 valence electrons. The summed E-state index contributed by atoms with van der Waals surface area (Å²) < 4.78 is 11.2. The van der Waals surface area contributed by atoms with Gasteiger partial charge in [0.2, 0.25) is 8.32 Å². The van der Waals surface area contributed by atoms with Crippen LogP contribution >= 0.6 is 0 Å². The minimum atomic E-state index is -1.95. The third kappa shape index (κ3) is 3.05. The van der Waals surface area contributed by atoms with E-state index in [0.717, 1.165) is 11.3 Å². The zero-order chi connectivity index (χ0) is 15.8. The molecule has 0 bridgehead atoms. The van der Waals surface area contributed by atoms with Gasteiger partial charge in [-0.2, -0.15) is 0 Å². The average Bonchev–Trinajstić information content (AvgIpc) is 3.10. The van der Waals surface area contributed by atoms with Crippen LogP contribution in [-0.4, -0.2) is 21.4 Å². The Morgan fingerprint density at radius 2 is 1.71 bits per heavy atom. The molecule has 0 spiro atoms. The number of allylic oxidation sites excluding steroid dienone is 1. The van der Waals surface area contributed by atoms with Crippen molar-refractivity contribution < 1.29 is 14.0 Å². The normalized spacial score (nSPS) is 18.5. The number of carbonyl (C=O) groups excluding carboxylic acids is 1. The van der Waals surface area contributed by atoms with Crippen LogP contribution in [0.15, 0.2) is 41.7 Å². The molecule has 0 aliphatic heterocycles. The van der Waals surface area contributed by atoms with Crippen LogP contribution < -0.4 is 0 Å².